The minimum atomic E-state index is -0.767. The number of nitriles is 1. The maximum Gasteiger partial charge on any atom is 0.340 e. The van der Waals surface area contributed by atoms with Crippen molar-refractivity contribution < 1.29 is 9.53 Å². The Morgan fingerprint density at radius 1 is 1.36 bits per heavy atom. The maximum absolute atomic E-state index is 12.9. The van der Waals surface area contributed by atoms with Crippen LogP contribution in [0.1, 0.15) is 55.7 Å². The van der Waals surface area contributed by atoms with Crippen LogP contribution < -0.4 is 0 Å². The monoisotopic (exact) mass is 336 g/mol. The number of para-hydroxylation sites is 1. The Bertz CT molecular complexity index is 859. The van der Waals surface area contributed by atoms with E-state index in [0.29, 0.717) is 11.5 Å². The molecule has 0 amide bonds. The molecule has 0 fully saturated rings. The third-order valence-corrected chi connectivity index (χ3v) is 5.15. The second kappa shape index (κ2) is 6.48. The Morgan fingerprint density at radius 3 is 2.76 bits per heavy atom. The van der Waals surface area contributed by atoms with E-state index in [1.165, 1.54) is 0 Å². The highest BCUT2D eigenvalue weighted by atomic mass is 16.5. The van der Waals surface area contributed by atoms with E-state index in [1.807, 2.05) is 30.3 Å². The van der Waals surface area contributed by atoms with Crippen molar-refractivity contribution in [2.24, 2.45) is 11.3 Å². The molecule has 0 spiro atoms. The van der Waals surface area contributed by atoms with Gasteiger partial charge in [-0.25, -0.2) is 4.79 Å². The quantitative estimate of drug-likeness (QED) is 0.760. The number of rotatable bonds is 2. The molecular formula is C21H24N2O2. The third kappa shape index (κ3) is 3.37. The predicted molar refractivity (Wildman–Crippen MR) is 97.2 cm³/mol. The average molecular weight is 336 g/mol. The van der Waals surface area contributed by atoms with Gasteiger partial charge in [0.2, 0.25) is 0 Å². The molecule has 4 heteroatoms. The molecule has 3 rings (SSSR count). The van der Waals surface area contributed by atoms with Crippen molar-refractivity contribution >= 4 is 16.9 Å². The molecule has 0 saturated carbocycles. The molecule has 0 saturated heterocycles. The van der Waals surface area contributed by atoms with Crippen molar-refractivity contribution in [3.63, 3.8) is 0 Å². The molecular weight excluding hydrogens is 312 g/mol. The summed E-state index contributed by atoms with van der Waals surface area (Å²) in [5.41, 5.74) is 3.57. The molecule has 2 atom stereocenters. The van der Waals surface area contributed by atoms with E-state index in [-0.39, 0.29) is 5.41 Å². The van der Waals surface area contributed by atoms with Gasteiger partial charge in [0.1, 0.15) is 6.07 Å². The fourth-order valence-electron chi connectivity index (χ4n) is 3.61. The molecule has 0 aliphatic heterocycles. The summed E-state index contributed by atoms with van der Waals surface area (Å²) in [6.07, 6.45) is 2.00. The van der Waals surface area contributed by atoms with Crippen LogP contribution in [-0.2, 0) is 17.6 Å². The van der Waals surface area contributed by atoms with Crippen molar-refractivity contribution in [2.45, 2.75) is 53.1 Å². The van der Waals surface area contributed by atoms with Gasteiger partial charge in [-0.3, -0.25) is 4.98 Å². The Balaban J connectivity index is 2.16. The summed E-state index contributed by atoms with van der Waals surface area (Å²) in [7, 11) is 0. The van der Waals surface area contributed by atoms with Crippen molar-refractivity contribution in [2.75, 3.05) is 0 Å². The predicted octanol–water partition coefficient (Wildman–Crippen LogP) is 4.45. The minimum Gasteiger partial charge on any atom is -0.444 e. The molecule has 0 bridgehead atoms. The van der Waals surface area contributed by atoms with Crippen LogP contribution in [0, 0.1) is 22.7 Å². The zero-order chi connectivity index (χ0) is 18.2. The maximum atomic E-state index is 12.9. The molecule has 1 heterocycles. The van der Waals surface area contributed by atoms with E-state index in [2.05, 4.69) is 20.8 Å². The highest BCUT2D eigenvalue weighted by Gasteiger charge is 2.33. The lowest BCUT2D eigenvalue weighted by Gasteiger charge is -2.35. The molecule has 0 unspecified atom stereocenters. The van der Waals surface area contributed by atoms with Gasteiger partial charge in [-0.05, 0) is 49.1 Å². The highest BCUT2D eigenvalue weighted by molar-refractivity contribution is 6.05. The summed E-state index contributed by atoms with van der Waals surface area (Å²) < 4.78 is 5.35. The first kappa shape index (κ1) is 17.4. The number of nitrogens with zero attached hydrogens (tertiary/aromatic N) is 2. The fraction of sp³-hybridized carbons (Fsp3) is 0.476. The number of hydrogen-bond acceptors (Lipinski definition) is 4. The molecule has 1 aliphatic carbocycles. The van der Waals surface area contributed by atoms with E-state index in [1.54, 1.807) is 6.92 Å². The first-order valence-electron chi connectivity index (χ1n) is 8.82. The van der Waals surface area contributed by atoms with Crippen LogP contribution in [-0.4, -0.2) is 17.1 Å². The Kier molecular flexibility index (Phi) is 4.51. The van der Waals surface area contributed by atoms with E-state index >= 15 is 0 Å². The zero-order valence-corrected chi connectivity index (χ0v) is 15.3. The molecule has 4 nitrogen and oxygen atoms in total. The number of hydrogen-bond donors (Lipinski definition) is 0. The van der Waals surface area contributed by atoms with Crippen molar-refractivity contribution in [3.8, 4) is 6.07 Å². The van der Waals surface area contributed by atoms with Gasteiger partial charge in [0.05, 0.1) is 11.1 Å². The SMILES string of the molecule is C[C@@H](C#N)OC(=O)c1c2c(nc3ccccc13)CC[C@H](C(C)(C)C)C2. The third-order valence-electron chi connectivity index (χ3n) is 5.15. The highest BCUT2D eigenvalue weighted by Crippen LogP contribution is 2.39. The standard InChI is InChI=1S/C21H24N2O2/c1-13(12-22)25-20(24)19-15-7-5-6-8-17(15)23-18-10-9-14(11-16(18)19)21(2,3)4/h5-8,13-14H,9-11H2,1-4H3/t13-,14-/m0/s1. The molecule has 0 radical (unpaired) electrons. The number of pyridine rings is 1. The van der Waals surface area contributed by atoms with Crippen LogP contribution in [0.3, 0.4) is 0 Å². The number of aromatic nitrogens is 1. The van der Waals surface area contributed by atoms with Crippen LogP contribution in [0.5, 0.6) is 0 Å². The van der Waals surface area contributed by atoms with Gasteiger partial charge in [-0.2, -0.15) is 5.26 Å². The number of ether oxygens (including phenoxy) is 1. The van der Waals surface area contributed by atoms with Gasteiger partial charge in [0, 0.05) is 11.1 Å². The first-order valence-corrected chi connectivity index (χ1v) is 8.82. The second-order valence-corrected chi connectivity index (χ2v) is 7.91. The molecule has 1 aromatic heterocycles. The van der Waals surface area contributed by atoms with Crippen LogP contribution in [0.4, 0.5) is 0 Å². The molecule has 0 N–H and O–H groups in total. The number of aryl methyl sites for hydroxylation is 1. The Labute approximate surface area is 148 Å². The second-order valence-electron chi connectivity index (χ2n) is 7.91. The van der Waals surface area contributed by atoms with Gasteiger partial charge in [-0.1, -0.05) is 39.0 Å². The Hall–Kier alpha value is -2.41. The number of fused-ring (bicyclic) bond motifs is 2. The van der Waals surface area contributed by atoms with Gasteiger partial charge >= 0.3 is 5.97 Å². The largest absolute Gasteiger partial charge is 0.444 e. The van der Waals surface area contributed by atoms with Crippen molar-refractivity contribution in [3.05, 3.63) is 41.1 Å². The van der Waals surface area contributed by atoms with Crippen LogP contribution in [0.25, 0.3) is 10.9 Å². The number of benzene rings is 1. The molecule has 2 aromatic rings. The van der Waals surface area contributed by atoms with E-state index in [4.69, 9.17) is 15.0 Å². The van der Waals surface area contributed by atoms with Gasteiger partial charge in [0.25, 0.3) is 0 Å². The smallest absolute Gasteiger partial charge is 0.340 e. The van der Waals surface area contributed by atoms with E-state index in [9.17, 15) is 4.79 Å². The topological polar surface area (TPSA) is 63.0 Å². The van der Waals surface area contributed by atoms with Gasteiger partial charge < -0.3 is 4.74 Å². The summed E-state index contributed by atoms with van der Waals surface area (Å²) in [5.74, 6) is 0.0707. The van der Waals surface area contributed by atoms with Crippen LogP contribution in [0.2, 0.25) is 0 Å². The Morgan fingerprint density at radius 2 is 2.08 bits per heavy atom. The molecule has 130 valence electrons. The lowest BCUT2D eigenvalue weighted by Crippen LogP contribution is -2.29. The molecule has 1 aliphatic rings. The summed E-state index contributed by atoms with van der Waals surface area (Å²) in [6, 6.07) is 9.64. The van der Waals surface area contributed by atoms with Crippen LogP contribution in [0.15, 0.2) is 24.3 Å². The normalized spacial score (nSPS) is 18.3. The van der Waals surface area contributed by atoms with E-state index in [0.717, 1.165) is 41.4 Å². The zero-order valence-electron chi connectivity index (χ0n) is 15.3. The summed E-state index contributed by atoms with van der Waals surface area (Å²) >= 11 is 0. The lowest BCUT2D eigenvalue weighted by molar-refractivity contribution is 0.0435. The average Bonchev–Trinajstić information content (AvgIpc) is 2.57. The lowest BCUT2D eigenvalue weighted by atomic mass is 9.70. The van der Waals surface area contributed by atoms with Crippen molar-refractivity contribution in [1.82, 2.24) is 4.98 Å². The number of esters is 1. The van der Waals surface area contributed by atoms with Crippen LogP contribution >= 0.6 is 0 Å². The van der Waals surface area contributed by atoms with E-state index < -0.39 is 12.1 Å². The number of carbonyl (C=O) groups is 1. The number of carbonyl (C=O) groups excluding carboxylic acids is 1. The minimum absolute atomic E-state index is 0.171. The van der Waals surface area contributed by atoms with Crippen molar-refractivity contribution in [1.29, 1.82) is 5.26 Å². The molecule has 1 aromatic carbocycles. The van der Waals surface area contributed by atoms with Gasteiger partial charge in [-0.15, -0.1) is 0 Å². The first-order chi connectivity index (χ1) is 11.8. The summed E-state index contributed by atoms with van der Waals surface area (Å²) in [5, 5.41) is 9.80. The summed E-state index contributed by atoms with van der Waals surface area (Å²) in [6.45, 7) is 8.32. The van der Waals surface area contributed by atoms with Gasteiger partial charge in [0.15, 0.2) is 6.10 Å². The summed E-state index contributed by atoms with van der Waals surface area (Å²) in [4.78, 5) is 17.7. The fourth-order valence-corrected chi connectivity index (χ4v) is 3.61. The molecule has 25 heavy (non-hydrogen) atoms.